The minimum atomic E-state index is -0.247. The summed E-state index contributed by atoms with van der Waals surface area (Å²) >= 11 is 0. The van der Waals surface area contributed by atoms with E-state index in [2.05, 4.69) is 0 Å². The minimum Gasteiger partial charge on any atom is -0.482 e. The number of hydrogen-bond donors (Lipinski definition) is 1. The van der Waals surface area contributed by atoms with Crippen molar-refractivity contribution in [2.75, 3.05) is 26.2 Å². The SMILES string of the molecule is Cc1ccc(OCC(=O)O[C@H]2C[NH+]3CCC2CC3)cc1. The molecule has 3 fully saturated rings. The van der Waals surface area contributed by atoms with Crippen molar-refractivity contribution in [3.05, 3.63) is 29.8 Å². The van der Waals surface area contributed by atoms with Crippen LogP contribution in [0.5, 0.6) is 5.75 Å². The minimum absolute atomic E-state index is 0.00160. The number of carbonyl (C=O) groups is 1. The fourth-order valence-electron chi connectivity index (χ4n) is 3.19. The van der Waals surface area contributed by atoms with Crippen molar-refractivity contribution in [2.45, 2.75) is 25.9 Å². The van der Waals surface area contributed by atoms with Crippen molar-refractivity contribution in [3.63, 3.8) is 0 Å². The smallest absolute Gasteiger partial charge is 0.344 e. The number of nitrogens with one attached hydrogen (secondary N) is 1. The third-order valence-electron chi connectivity index (χ3n) is 4.41. The van der Waals surface area contributed by atoms with Crippen LogP contribution in [0.15, 0.2) is 24.3 Å². The summed E-state index contributed by atoms with van der Waals surface area (Å²) in [4.78, 5) is 13.4. The van der Waals surface area contributed by atoms with Crippen LogP contribution in [-0.2, 0) is 9.53 Å². The van der Waals surface area contributed by atoms with Crippen LogP contribution in [0.4, 0.5) is 0 Å². The zero-order chi connectivity index (χ0) is 13.9. The molecule has 4 heteroatoms. The van der Waals surface area contributed by atoms with Crippen LogP contribution < -0.4 is 9.64 Å². The Balaban J connectivity index is 1.46. The maximum absolute atomic E-state index is 11.9. The third-order valence-corrected chi connectivity index (χ3v) is 4.41. The fraction of sp³-hybridized carbons (Fsp3) is 0.562. The second kappa shape index (κ2) is 5.83. The highest BCUT2D eigenvalue weighted by Gasteiger charge is 2.39. The lowest BCUT2D eigenvalue weighted by atomic mass is 9.86. The number of benzene rings is 1. The normalized spacial score (nSPS) is 28.1. The Kier molecular flexibility index (Phi) is 3.92. The standard InChI is InChI=1S/C16H21NO3/c1-12-2-4-14(5-3-12)19-11-16(18)20-15-10-17-8-6-13(15)7-9-17/h2-5,13,15H,6-11H2,1H3/p+1/t15-/m0/s1. The average molecular weight is 276 g/mol. The summed E-state index contributed by atoms with van der Waals surface area (Å²) < 4.78 is 11.0. The number of quaternary nitrogens is 1. The van der Waals surface area contributed by atoms with Crippen molar-refractivity contribution in [1.82, 2.24) is 0 Å². The zero-order valence-corrected chi connectivity index (χ0v) is 11.9. The molecule has 1 aromatic carbocycles. The lowest BCUT2D eigenvalue weighted by molar-refractivity contribution is -0.920. The highest BCUT2D eigenvalue weighted by atomic mass is 16.6. The predicted octanol–water partition coefficient (Wildman–Crippen LogP) is 0.594. The van der Waals surface area contributed by atoms with Gasteiger partial charge < -0.3 is 14.4 Å². The van der Waals surface area contributed by atoms with Crippen molar-refractivity contribution >= 4 is 5.97 Å². The molecule has 3 heterocycles. The molecule has 0 spiro atoms. The van der Waals surface area contributed by atoms with Gasteiger partial charge in [0.15, 0.2) is 12.7 Å². The van der Waals surface area contributed by atoms with Gasteiger partial charge >= 0.3 is 5.97 Å². The summed E-state index contributed by atoms with van der Waals surface area (Å²) in [6.45, 7) is 5.47. The number of aryl methyl sites for hydroxylation is 1. The van der Waals surface area contributed by atoms with E-state index in [0.29, 0.717) is 11.7 Å². The number of piperidine rings is 3. The number of esters is 1. The lowest BCUT2D eigenvalue weighted by Gasteiger charge is -2.41. The van der Waals surface area contributed by atoms with Crippen LogP contribution in [0.2, 0.25) is 0 Å². The Bertz CT molecular complexity index is 463. The van der Waals surface area contributed by atoms with Crippen molar-refractivity contribution in [2.24, 2.45) is 5.92 Å². The van der Waals surface area contributed by atoms with Gasteiger partial charge in [-0.15, -0.1) is 0 Å². The van der Waals surface area contributed by atoms with Crippen LogP contribution in [0, 0.1) is 12.8 Å². The first-order valence-electron chi connectivity index (χ1n) is 7.43. The molecule has 20 heavy (non-hydrogen) atoms. The molecule has 1 N–H and O–H groups in total. The number of carbonyl (C=O) groups excluding carboxylic acids is 1. The summed E-state index contributed by atoms with van der Waals surface area (Å²) in [7, 11) is 0. The molecule has 0 amide bonds. The van der Waals surface area contributed by atoms with Gasteiger partial charge in [0.25, 0.3) is 0 Å². The Morgan fingerprint density at radius 3 is 2.55 bits per heavy atom. The highest BCUT2D eigenvalue weighted by Crippen LogP contribution is 2.21. The molecule has 4 nitrogen and oxygen atoms in total. The summed E-state index contributed by atoms with van der Waals surface area (Å²) in [6.07, 6.45) is 2.47. The maximum atomic E-state index is 11.9. The summed E-state index contributed by atoms with van der Waals surface area (Å²) in [5.74, 6) is 1.03. The molecule has 1 atom stereocenters. The summed E-state index contributed by atoms with van der Waals surface area (Å²) in [5.41, 5.74) is 1.18. The molecule has 0 unspecified atom stereocenters. The first kappa shape index (κ1) is 13.4. The van der Waals surface area contributed by atoms with E-state index in [1.54, 1.807) is 4.90 Å². The molecular formula is C16H22NO3+. The fourth-order valence-corrected chi connectivity index (χ4v) is 3.19. The van der Waals surface area contributed by atoms with Gasteiger partial charge in [0.05, 0.1) is 13.1 Å². The van der Waals surface area contributed by atoms with E-state index >= 15 is 0 Å². The van der Waals surface area contributed by atoms with Crippen LogP contribution in [0.1, 0.15) is 18.4 Å². The van der Waals surface area contributed by atoms with Crippen LogP contribution in [0.25, 0.3) is 0 Å². The Labute approximate surface area is 119 Å². The number of fused-ring (bicyclic) bond motifs is 3. The van der Waals surface area contributed by atoms with E-state index in [0.717, 1.165) is 6.54 Å². The predicted molar refractivity (Wildman–Crippen MR) is 74.8 cm³/mol. The molecular weight excluding hydrogens is 254 g/mol. The third kappa shape index (κ3) is 3.12. The van der Waals surface area contributed by atoms with Gasteiger partial charge in [0.2, 0.25) is 0 Å². The van der Waals surface area contributed by atoms with Crippen LogP contribution in [-0.4, -0.2) is 38.3 Å². The first-order chi connectivity index (χ1) is 9.70. The molecule has 4 rings (SSSR count). The molecule has 2 bridgehead atoms. The molecule has 0 radical (unpaired) electrons. The van der Waals surface area contributed by atoms with Gasteiger partial charge in [-0.3, -0.25) is 0 Å². The quantitative estimate of drug-likeness (QED) is 0.819. The molecule has 3 saturated heterocycles. The number of rotatable bonds is 4. The van der Waals surface area contributed by atoms with Gasteiger partial charge in [0.1, 0.15) is 12.3 Å². The average Bonchev–Trinajstić information content (AvgIpc) is 2.48. The Hall–Kier alpha value is -1.55. The zero-order valence-electron chi connectivity index (χ0n) is 11.9. The van der Waals surface area contributed by atoms with E-state index in [1.807, 2.05) is 31.2 Å². The molecule has 3 aliphatic rings. The van der Waals surface area contributed by atoms with E-state index in [1.165, 1.54) is 31.5 Å². The second-order valence-electron chi connectivity index (χ2n) is 5.92. The Morgan fingerprint density at radius 1 is 1.25 bits per heavy atom. The van der Waals surface area contributed by atoms with E-state index in [9.17, 15) is 4.79 Å². The first-order valence-corrected chi connectivity index (χ1v) is 7.43. The lowest BCUT2D eigenvalue weighted by Crippen LogP contribution is -3.16. The molecule has 0 aromatic heterocycles. The van der Waals surface area contributed by atoms with Gasteiger partial charge in [-0.25, -0.2) is 4.79 Å². The van der Waals surface area contributed by atoms with E-state index in [4.69, 9.17) is 9.47 Å². The second-order valence-corrected chi connectivity index (χ2v) is 5.92. The van der Waals surface area contributed by atoms with E-state index < -0.39 is 0 Å². The number of ether oxygens (including phenoxy) is 2. The van der Waals surface area contributed by atoms with Gasteiger partial charge in [-0.2, -0.15) is 0 Å². The molecule has 3 aliphatic heterocycles. The number of hydrogen-bond acceptors (Lipinski definition) is 3. The van der Waals surface area contributed by atoms with Gasteiger partial charge in [0, 0.05) is 18.8 Å². The van der Waals surface area contributed by atoms with E-state index in [-0.39, 0.29) is 18.7 Å². The summed E-state index contributed by atoms with van der Waals surface area (Å²) in [5, 5.41) is 0. The molecule has 0 aliphatic carbocycles. The Morgan fingerprint density at radius 2 is 1.95 bits per heavy atom. The largest absolute Gasteiger partial charge is 0.482 e. The topological polar surface area (TPSA) is 40.0 Å². The molecule has 0 saturated carbocycles. The van der Waals surface area contributed by atoms with Crippen LogP contribution in [0.3, 0.4) is 0 Å². The van der Waals surface area contributed by atoms with Crippen molar-refractivity contribution in [3.8, 4) is 5.75 Å². The highest BCUT2D eigenvalue weighted by molar-refractivity contribution is 5.71. The molecule has 108 valence electrons. The summed E-state index contributed by atoms with van der Waals surface area (Å²) in [6, 6.07) is 7.69. The van der Waals surface area contributed by atoms with Crippen LogP contribution >= 0.6 is 0 Å². The van der Waals surface area contributed by atoms with Gasteiger partial charge in [-0.1, -0.05) is 17.7 Å². The maximum Gasteiger partial charge on any atom is 0.344 e. The van der Waals surface area contributed by atoms with Crippen molar-refractivity contribution in [1.29, 1.82) is 0 Å². The monoisotopic (exact) mass is 276 g/mol. The van der Waals surface area contributed by atoms with Gasteiger partial charge in [-0.05, 0) is 19.1 Å². The van der Waals surface area contributed by atoms with Crippen molar-refractivity contribution < 1.29 is 19.2 Å². The molecule has 1 aromatic rings.